The van der Waals surface area contributed by atoms with Crippen molar-refractivity contribution in [3.63, 3.8) is 0 Å². The molecule has 56 heavy (non-hydrogen) atoms. The number of nitrogens with one attached hydrogen (secondary N) is 1. The van der Waals surface area contributed by atoms with Gasteiger partial charge < -0.3 is 33.9 Å². The van der Waals surface area contributed by atoms with Gasteiger partial charge in [-0.05, 0) is 51.1 Å². The average molecular weight is 833 g/mol. The molecule has 1 saturated heterocycles. The summed E-state index contributed by atoms with van der Waals surface area (Å²) in [6.07, 6.45) is 1.53. The van der Waals surface area contributed by atoms with Gasteiger partial charge in [-0.25, -0.2) is 24.5 Å². The van der Waals surface area contributed by atoms with E-state index in [0.717, 1.165) is 17.8 Å². The highest BCUT2D eigenvalue weighted by Crippen LogP contribution is 2.46. The van der Waals surface area contributed by atoms with Gasteiger partial charge >= 0.3 is 12.1 Å². The first-order valence-electron chi connectivity index (χ1n) is 17.9. The van der Waals surface area contributed by atoms with Gasteiger partial charge in [0.25, 0.3) is 0 Å². The highest BCUT2D eigenvalue weighted by molar-refractivity contribution is 6.76. The summed E-state index contributed by atoms with van der Waals surface area (Å²) in [5.74, 6) is 0.0731. The Morgan fingerprint density at radius 1 is 1.00 bits per heavy atom. The average Bonchev–Trinajstić information content (AvgIpc) is 3.15. The van der Waals surface area contributed by atoms with Gasteiger partial charge in [-0.1, -0.05) is 49.4 Å². The molecule has 304 valence electrons. The standard InChI is InChI=1S/C38H51Cl2N7O8Si/c1-11-32(48)43-26-20-25(45-14-16-53-17-15-45)12-13-27(26)47(37(50)55-38(2,3)4)31-22-30(41-23-42-31)44(5)36(49)46(24-54-18-19-56(8,9)10)35-33(39)28(51-6)21-29(52-7)34(35)40/h11-13,20-23H,1,14-19,24H2,2-10H3,(H,43,48). The van der Waals surface area contributed by atoms with Crippen molar-refractivity contribution in [3.8, 4) is 11.5 Å². The monoisotopic (exact) mass is 831 g/mol. The SMILES string of the molecule is C=CC(=O)Nc1cc(N2CCOCC2)ccc1N(C(=O)OC(C)(C)C)c1cc(N(C)C(=O)N(COCC[Si](C)(C)C)c2c(Cl)c(OC)cc(OC)c2Cl)ncn1. The van der Waals surface area contributed by atoms with E-state index in [9.17, 15) is 14.4 Å². The van der Waals surface area contributed by atoms with E-state index in [4.69, 9.17) is 46.9 Å². The smallest absolute Gasteiger partial charge is 0.420 e. The molecule has 0 aliphatic carbocycles. The molecule has 0 atom stereocenters. The molecule has 1 aliphatic heterocycles. The lowest BCUT2D eigenvalue weighted by atomic mass is 10.1. The Balaban J connectivity index is 1.82. The fourth-order valence-electron chi connectivity index (χ4n) is 5.43. The molecule has 18 heteroatoms. The van der Waals surface area contributed by atoms with E-state index < -0.39 is 31.7 Å². The van der Waals surface area contributed by atoms with Crippen molar-refractivity contribution in [2.24, 2.45) is 0 Å². The van der Waals surface area contributed by atoms with Crippen molar-refractivity contribution in [3.05, 3.63) is 59.4 Å². The summed E-state index contributed by atoms with van der Waals surface area (Å²) in [4.78, 5) is 56.0. The molecule has 0 saturated carbocycles. The van der Waals surface area contributed by atoms with Crippen LogP contribution in [-0.4, -0.2) is 103 Å². The Hall–Kier alpha value is -4.61. The molecule has 1 aliphatic rings. The maximum Gasteiger partial charge on any atom is 0.420 e. The minimum absolute atomic E-state index is 0.0363. The van der Waals surface area contributed by atoms with Crippen LogP contribution in [0.4, 0.5) is 44.0 Å². The second-order valence-electron chi connectivity index (χ2n) is 14.9. The topological polar surface area (TPSA) is 148 Å². The lowest BCUT2D eigenvalue weighted by molar-refractivity contribution is -0.111. The third-order valence-corrected chi connectivity index (χ3v) is 10.8. The number of hydrogen-bond acceptors (Lipinski definition) is 11. The van der Waals surface area contributed by atoms with Gasteiger partial charge in [0.2, 0.25) is 5.91 Å². The fraction of sp³-hybridized carbons (Fsp3) is 0.447. The van der Waals surface area contributed by atoms with Crippen molar-refractivity contribution in [2.75, 3.05) is 85.8 Å². The molecule has 2 aromatic carbocycles. The van der Waals surface area contributed by atoms with Crippen LogP contribution in [-0.2, 0) is 19.0 Å². The second kappa shape index (κ2) is 19.0. The molecule has 1 aromatic heterocycles. The van der Waals surface area contributed by atoms with Crippen molar-refractivity contribution < 1.29 is 38.1 Å². The summed E-state index contributed by atoms with van der Waals surface area (Å²) in [7, 11) is 2.88. The zero-order chi connectivity index (χ0) is 41.4. The van der Waals surface area contributed by atoms with Gasteiger partial charge in [0.1, 0.15) is 51.8 Å². The molecule has 15 nitrogen and oxygen atoms in total. The first-order valence-corrected chi connectivity index (χ1v) is 22.3. The van der Waals surface area contributed by atoms with Gasteiger partial charge in [-0.2, -0.15) is 0 Å². The predicted molar refractivity (Wildman–Crippen MR) is 224 cm³/mol. The summed E-state index contributed by atoms with van der Waals surface area (Å²) >= 11 is 13.6. The Morgan fingerprint density at radius 2 is 1.62 bits per heavy atom. The maximum absolute atomic E-state index is 14.6. The van der Waals surface area contributed by atoms with E-state index in [0.29, 0.717) is 32.9 Å². The molecule has 0 radical (unpaired) electrons. The molecule has 3 aromatic rings. The zero-order valence-corrected chi connectivity index (χ0v) is 35.9. The zero-order valence-electron chi connectivity index (χ0n) is 33.4. The molecular formula is C38H51Cl2N7O8Si. The number of urea groups is 1. The molecule has 4 amide bonds. The number of carbonyl (C=O) groups is 3. The van der Waals surface area contributed by atoms with Crippen molar-refractivity contribution >= 4 is 83.7 Å². The predicted octanol–water partition coefficient (Wildman–Crippen LogP) is 8.21. The van der Waals surface area contributed by atoms with Crippen molar-refractivity contribution in [2.45, 2.75) is 52.1 Å². The van der Waals surface area contributed by atoms with E-state index in [1.54, 1.807) is 32.9 Å². The van der Waals surface area contributed by atoms with Crippen LogP contribution in [0.5, 0.6) is 11.5 Å². The molecule has 1 fully saturated rings. The second-order valence-corrected chi connectivity index (χ2v) is 21.3. The number of morpholine rings is 1. The van der Waals surface area contributed by atoms with Crippen LogP contribution < -0.4 is 34.4 Å². The first-order chi connectivity index (χ1) is 26.4. The van der Waals surface area contributed by atoms with Crippen LogP contribution >= 0.6 is 23.2 Å². The molecule has 0 spiro atoms. The van der Waals surface area contributed by atoms with Gasteiger partial charge in [-0.15, -0.1) is 0 Å². The summed E-state index contributed by atoms with van der Waals surface area (Å²) in [6.45, 7) is 18.0. The Bertz CT molecular complexity index is 1870. The van der Waals surface area contributed by atoms with Crippen LogP contribution in [0.1, 0.15) is 20.8 Å². The number of halogens is 2. The minimum atomic E-state index is -1.48. The first kappa shape index (κ1) is 44.1. The van der Waals surface area contributed by atoms with E-state index in [2.05, 4.69) is 46.4 Å². The van der Waals surface area contributed by atoms with Gasteiger partial charge in [0.15, 0.2) is 0 Å². The number of ether oxygens (including phenoxy) is 5. The third-order valence-electron chi connectivity index (χ3n) is 8.38. The molecule has 0 unspecified atom stereocenters. The Labute approximate surface area is 339 Å². The van der Waals surface area contributed by atoms with E-state index >= 15 is 0 Å². The van der Waals surface area contributed by atoms with Crippen LogP contribution in [0, 0.1) is 0 Å². The number of amides is 4. The van der Waals surface area contributed by atoms with Crippen molar-refractivity contribution in [1.29, 1.82) is 0 Å². The van der Waals surface area contributed by atoms with E-state index in [1.165, 1.54) is 54.4 Å². The molecule has 2 heterocycles. The molecule has 0 bridgehead atoms. The lowest BCUT2D eigenvalue weighted by Gasteiger charge is -2.32. The number of rotatable bonds is 14. The highest BCUT2D eigenvalue weighted by atomic mass is 35.5. The summed E-state index contributed by atoms with van der Waals surface area (Å²) in [5, 5.41) is 2.94. The summed E-state index contributed by atoms with van der Waals surface area (Å²) < 4.78 is 28.4. The van der Waals surface area contributed by atoms with Crippen LogP contribution in [0.25, 0.3) is 0 Å². The fourth-order valence-corrected chi connectivity index (χ4v) is 6.89. The number of anilines is 6. The number of nitrogens with zero attached hydrogens (tertiary/aromatic N) is 6. The Morgan fingerprint density at radius 3 is 2.20 bits per heavy atom. The van der Waals surface area contributed by atoms with Gasteiger partial charge in [-0.3, -0.25) is 14.6 Å². The van der Waals surface area contributed by atoms with Gasteiger partial charge in [0, 0.05) is 52.6 Å². The number of aromatic nitrogens is 2. The quantitative estimate of drug-likeness (QED) is 0.0725. The van der Waals surface area contributed by atoms with Crippen LogP contribution in [0.15, 0.2) is 49.3 Å². The summed E-state index contributed by atoms with van der Waals surface area (Å²) in [6, 6.07) is 8.43. The summed E-state index contributed by atoms with van der Waals surface area (Å²) in [5.41, 5.74) is 0.509. The number of hydrogen-bond donors (Lipinski definition) is 1. The van der Waals surface area contributed by atoms with E-state index in [-0.39, 0.29) is 57.0 Å². The normalized spacial score (nSPS) is 13.1. The third kappa shape index (κ3) is 11.2. The van der Waals surface area contributed by atoms with Crippen molar-refractivity contribution in [1.82, 2.24) is 9.97 Å². The Kier molecular flexibility index (Phi) is 15.0. The maximum atomic E-state index is 14.6. The van der Waals surface area contributed by atoms with E-state index in [1.807, 2.05) is 6.07 Å². The minimum Gasteiger partial charge on any atom is -0.495 e. The number of benzene rings is 2. The molecule has 1 N–H and O–H groups in total. The number of methoxy groups -OCH3 is 2. The molecular weight excluding hydrogens is 781 g/mol. The van der Waals surface area contributed by atoms with Gasteiger partial charge in [0.05, 0.1) is 44.5 Å². The highest BCUT2D eigenvalue weighted by Gasteiger charge is 2.33. The van der Waals surface area contributed by atoms with Crippen LogP contribution in [0.2, 0.25) is 35.7 Å². The largest absolute Gasteiger partial charge is 0.495 e. The van der Waals surface area contributed by atoms with Crippen LogP contribution in [0.3, 0.4) is 0 Å². The molecule has 4 rings (SSSR count). The number of carbonyl (C=O) groups excluding carboxylic acids is 3. The lowest BCUT2D eigenvalue weighted by Crippen LogP contribution is -2.44.